The number of hydrogen-bond donors (Lipinski definition) is 0. The van der Waals surface area contributed by atoms with E-state index in [4.69, 9.17) is 43.7 Å². The van der Waals surface area contributed by atoms with Gasteiger partial charge in [-0.3, -0.25) is 8.98 Å². The van der Waals surface area contributed by atoms with E-state index in [1.165, 1.54) is 37.3 Å². The molecule has 3 aromatic rings. The van der Waals surface area contributed by atoms with Gasteiger partial charge < -0.3 is 9.64 Å². The van der Waals surface area contributed by atoms with Gasteiger partial charge in [0.25, 0.3) is 16.0 Å². The van der Waals surface area contributed by atoms with Crippen LogP contribution in [-0.4, -0.2) is 45.5 Å². The van der Waals surface area contributed by atoms with Crippen molar-refractivity contribution in [2.75, 3.05) is 26.3 Å². The summed E-state index contributed by atoms with van der Waals surface area (Å²) in [5, 5.41) is 0.167. The lowest BCUT2D eigenvalue weighted by Crippen LogP contribution is -2.53. The maximum absolute atomic E-state index is 13.6. The summed E-state index contributed by atoms with van der Waals surface area (Å²) in [5.41, 5.74) is -6.09. The van der Waals surface area contributed by atoms with E-state index in [1.807, 2.05) is 0 Å². The van der Waals surface area contributed by atoms with Crippen molar-refractivity contribution in [2.45, 2.75) is 29.8 Å². The lowest BCUT2D eigenvalue weighted by Gasteiger charge is -2.44. The Morgan fingerprint density at radius 3 is 2.12 bits per heavy atom. The van der Waals surface area contributed by atoms with E-state index in [0.717, 1.165) is 11.0 Å². The summed E-state index contributed by atoms with van der Waals surface area (Å²) in [7, 11) is -4.46. The Bertz CT molecular complexity index is 1630. The number of morpholine rings is 1. The van der Waals surface area contributed by atoms with Crippen molar-refractivity contribution < 1.29 is 48.5 Å². The average Bonchev–Trinajstić information content (AvgIpc) is 2.92. The fourth-order valence-electron chi connectivity index (χ4n) is 4.65. The van der Waals surface area contributed by atoms with Gasteiger partial charge in [-0.05, 0) is 61.0 Å². The average molecular weight is 691 g/mol. The molecule has 0 radical (unpaired) electrons. The Morgan fingerprint density at radius 2 is 1.56 bits per heavy atom. The van der Waals surface area contributed by atoms with E-state index >= 15 is 0 Å². The fraction of sp³-hybridized carbons (Fsp3) is 0.296. The van der Waals surface area contributed by atoms with Crippen LogP contribution in [0.3, 0.4) is 0 Å². The Balaban J connectivity index is 1.93. The van der Waals surface area contributed by atoms with Gasteiger partial charge in [-0.15, -0.1) is 0 Å². The Kier molecular flexibility index (Phi) is 9.38. The van der Waals surface area contributed by atoms with Crippen LogP contribution in [-0.2, 0) is 37.0 Å². The molecule has 1 aliphatic rings. The number of alkyl halides is 6. The molecule has 0 saturated carbocycles. The number of carbonyl (C=O) groups is 1. The molecule has 0 unspecified atom stereocenters. The van der Waals surface area contributed by atoms with Crippen molar-refractivity contribution in [3.05, 3.63) is 97.5 Å². The summed E-state index contributed by atoms with van der Waals surface area (Å²) in [5.74, 6) is -1.19. The van der Waals surface area contributed by atoms with Crippen molar-refractivity contribution in [1.29, 1.82) is 0 Å². The summed E-state index contributed by atoms with van der Waals surface area (Å²) in [6.07, 6.45) is -10.4. The first-order valence-corrected chi connectivity index (χ1v) is 14.8. The quantitative estimate of drug-likeness (QED) is 0.195. The molecule has 1 aliphatic heterocycles. The summed E-state index contributed by atoms with van der Waals surface area (Å²) in [6.45, 7) is 0.0259. The predicted octanol–water partition coefficient (Wildman–Crippen LogP) is 7.83. The number of amides is 1. The molecule has 1 amide bonds. The second-order valence-corrected chi connectivity index (χ2v) is 12.2. The molecule has 0 aromatic heterocycles. The largest absolute Gasteiger partial charge is 0.416 e. The maximum atomic E-state index is 13.6. The lowest BCUT2D eigenvalue weighted by atomic mass is 9.84. The molecule has 1 atom stereocenters. The fourth-order valence-corrected chi connectivity index (χ4v) is 6.29. The molecule has 1 heterocycles. The molecular formula is C27H20Cl3F6NO5S. The zero-order valence-corrected chi connectivity index (χ0v) is 24.9. The van der Waals surface area contributed by atoms with Crippen LogP contribution < -0.4 is 0 Å². The predicted molar refractivity (Wildman–Crippen MR) is 146 cm³/mol. The molecule has 0 spiro atoms. The highest BCUT2D eigenvalue weighted by Gasteiger charge is 2.46. The summed E-state index contributed by atoms with van der Waals surface area (Å²) in [4.78, 5) is 14.2. The summed E-state index contributed by atoms with van der Waals surface area (Å²) in [6, 6.07) is 8.34. The normalized spacial score (nSPS) is 18.1. The lowest BCUT2D eigenvalue weighted by molar-refractivity contribution is -0.143. The van der Waals surface area contributed by atoms with Crippen molar-refractivity contribution in [2.24, 2.45) is 0 Å². The van der Waals surface area contributed by atoms with Gasteiger partial charge in [0, 0.05) is 22.7 Å². The summed E-state index contributed by atoms with van der Waals surface area (Å²) < 4.78 is 119. The minimum atomic E-state index is -5.19. The van der Waals surface area contributed by atoms with Gasteiger partial charge in [0.05, 0.1) is 40.9 Å². The highest BCUT2D eigenvalue weighted by molar-refractivity contribution is 7.86. The minimum absolute atomic E-state index is 0.00883. The van der Waals surface area contributed by atoms with E-state index in [2.05, 4.69) is 0 Å². The van der Waals surface area contributed by atoms with Gasteiger partial charge in [-0.2, -0.15) is 34.8 Å². The molecule has 1 fully saturated rings. The highest BCUT2D eigenvalue weighted by atomic mass is 35.5. The van der Waals surface area contributed by atoms with Crippen LogP contribution in [0.2, 0.25) is 15.1 Å². The molecule has 0 aliphatic carbocycles. The molecule has 1 saturated heterocycles. The second-order valence-electron chi connectivity index (χ2n) is 9.33. The van der Waals surface area contributed by atoms with Crippen molar-refractivity contribution >= 4 is 50.8 Å². The van der Waals surface area contributed by atoms with Crippen molar-refractivity contribution in [3.8, 4) is 0 Å². The first-order valence-electron chi connectivity index (χ1n) is 12.3. The highest BCUT2D eigenvalue weighted by Crippen LogP contribution is 2.44. The van der Waals surface area contributed by atoms with Gasteiger partial charge in [-0.1, -0.05) is 40.9 Å². The zero-order chi connectivity index (χ0) is 32.0. The Labute approximate surface area is 257 Å². The number of halogens is 9. The summed E-state index contributed by atoms with van der Waals surface area (Å²) >= 11 is 18.6. The molecule has 232 valence electrons. The first-order chi connectivity index (χ1) is 19.9. The zero-order valence-electron chi connectivity index (χ0n) is 21.8. The van der Waals surface area contributed by atoms with Gasteiger partial charge in [0.1, 0.15) is 10.5 Å². The van der Waals surface area contributed by atoms with Crippen LogP contribution in [0.15, 0.2) is 59.5 Å². The van der Waals surface area contributed by atoms with Crippen molar-refractivity contribution in [3.63, 3.8) is 0 Å². The van der Waals surface area contributed by atoms with Crippen LogP contribution in [0.5, 0.6) is 0 Å². The van der Waals surface area contributed by atoms with E-state index in [1.54, 1.807) is 0 Å². The van der Waals surface area contributed by atoms with Crippen molar-refractivity contribution in [1.82, 2.24) is 4.90 Å². The van der Waals surface area contributed by atoms with E-state index in [0.29, 0.717) is 12.1 Å². The maximum Gasteiger partial charge on any atom is 0.416 e. The minimum Gasteiger partial charge on any atom is -0.362 e. The topological polar surface area (TPSA) is 72.9 Å². The number of nitrogens with zero attached hydrogens (tertiary/aromatic N) is 1. The third kappa shape index (κ3) is 6.91. The van der Waals surface area contributed by atoms with Gasteiger partial charge in [0.15, 0.2) is 0 Å². The molecule has 4 rings (SSSR count). The number of carbonyl (C=O) groups excluding carboxylic acids is 1. The molecule has 0 bridgehead atoms. The van der Waals surface area contributed by atoms with Crippen LogP contribution in [0.4, 0.5) is 26.3 Å². The number of benzene rings is 3. The van der Waals surface area contributed by atoms with E-state index in [-0.39, 0.29) is 52.0 Å². The molecule has 16 heteroatoms. The molecule has 6 nitrogen and oxygen atoms in total. The van der Waals surface area contributed by atoms with E-state index in [9.17, 15) is 39.6 Å². The van der Waals surface area contributed by atoms with Gasteiger partial charge in [0.2, 0.25) is 0 Å². The number of rotatable bonds is 6. The molecule has 43 heavy (non-hydrogen) atoms. The standard InChI is InChI=1S/C27H20Cl3F6NO5S/c1-2-42-43(39,40)23-6-4-19(28)13-20(23)25(16-3-5-21(29)22(30)12-16)14-37(7-8-41-25)24(38)15-9-17(26(31,32)33)11-18(10-15)27(34,35)36/h3-6,9-13H,2,7-8,14H2,1H3/t25-/m1/s1. The second kappa shape index (κ2) is 12.1. The number of hydrogen-bond acceptors (Lipinski definition) is 5. The molecule has 3 aromatic carbocycles. The Hall–Kier alpha value is -2.55. The molecule has 0 N–H and O–H groups in total. The SMILES string of the molecule is CCOS(=O)(=O)c1ccc(Cl)cc1[C@]1(c2ccc(Cl)c(Cl)c2)CN(C(=O)c2cc(C(F)(F)F)cc(C(F)(F)F)c2)CCO1. The van der Waals surface area contributed by atoms with Crippen LogP contribution in [0.25, 0.3) is 0 Å². The Morgan fingerprint density at radius 1 is 0.930 bits per heavy atom. The van der Waals surface area contributed by atoms with E-state index < -0.39 is 62.1 Å². The number of ether oxygens (including phenoxy) is 1. The smallest absolute Gasteiger partial charge is 0.362 e. The third-order valence-corrected chi connectivity index (χ3v) is 8.96. The van der Waals surface area contributed by atoms with Crippen LogP contribution in [0.1, 0.15) is 39.5 Å². The van der Waals surface area contributed by atoms with Gasteiger partial charge >= 0.3 is 12.4 Å². The van der Waals surface area contributed by atoms with Crippen LogP contribution in [0, 0.1) is 0 Å². The first kappa shape index (κ1) is 33.3. The third-order valence-electron chi connectivity index (χ3n) is 6.55. The molecular weight excluding hydrogens is 671 g/mol. The van der Waals surface area contributed by atoms with Gasteiger partial charge in [-0.25, -0.2) is 0 Å². The monoisotopic (exact) mass is 689 g/mol. The van der Waals surface area contributed by atoms with Crippen LogP contribution >= 0.6 is 34.8 Å².